The minimum atomic E-state index is -0.896. The molecule has 4 aromatic rings. The molecule has 160 valence electrons. The molecule has 1 atom stereocenters. The van der Waals surface area contributed by atoms with Gasteiger partial charge < -0.3 is 10.1 Å². The van der Waals surface area contributed by atoms with Crippen molar-refractivity contribution in [2.24, 2.45) is 0 Å². The molecule has 1 heterocycles. The Morgan fingerprint density at radius 2 is 1.62 bits per heavy atom. The van der Waals surface area contributed by atoms with Gasteiger partial charge in [-0.05, 0) is 61.5 Å². The second kappa shape index (κ2) is 9.26. The van der Waals surface area contributed by atoms with Crippen LogP contribution in [-0.4, -0.2) is 15.7 Å². The Labute approximate surface area is 183 Å². The second-order valence-electron chi connectivity index (χ2n) is 7.08. The molecule has 32 heavy (non-hydrogen) atoms. The Morgan fingerprint density at radius 3 is 2.38 bits per heavy atom. The zero-order valence-corrected chi connectivity index (χ0v) is 17.2. The van der Waals surface area contributed by atoms with Gasteiger partial charge in [-0.1, -0.05) is 30.3 Å². The molecule has 0 saturated carbocycles. The summed E-state index contributed by atoms with van der Waals surface area (Å²) in [4.78, 5) is 25.3. The average molecular weight is 429 g/mol. The van der Waals surface area contributed by atoms with E-state index in [0.717, 1.165) is 4.68 Å². The van der Waals surface area contributed by atoms with Crippen LogP contribution in [0.4, 0.5) is 10.1 Å². The van der Waals surface area contributed by atoms with E-state index in [1.807, 2.05) is 30.3 Å². The van der Waals surface area contributed by atoms with Gasteiger partial charge in [0.2, 0.25) is 5.91 Å². The Morgan fingerprint density at radius 1 is 0.938 bits per heavy atom. The smallest absolute Gasteiger partial charge is 0.267 e. The van der Waals surface area contributed by atoms with E-state index in [4.69, 9.17) is 4.74 Å². The van der Waals surface area contributed by atoms with Crippen molar-refractivity contribution < 1.29 is 13.9 Å². The van der Waals surface area contributed by atoms with Crippen LogP contribution < -0.4 is 15.6 Å². The first-order valence-electron chi connectivity index (χ1n) is 10.00. The molecular weight excluding hydrogens is 409 g/mol. The third-order valence-corrected chi connectivity index (χ3v) is 4.83. The fourth-order valence-electron chi connectivity index (χ4n) is 3.10. The number of aromatic nitrogens is 2. The number of nitrogens with one attached hydrogen (secondary N) is 1. The number of hydrogen-bond acceptors (Lipinski definition) is 4. The number of halogens is 1. The minimum absolute atomic E-state index is 0.369. The van der Waals surface area contributed by atoms with Gasteiger partial charge in [0, 0.05) is 11.6 Å². The molecule has 7 heteroatoms. The molecule has 4 rings (SSSR count). The Kier molecular flexibility index (Phi) is 6.07. The van der Waals surface area contributed by atoms with E-state index in [2.05, 4.69) is 10.4 Å². The Bertz CT molecular complexity index is 1290. The van der Waals surface area contributed by atoms with Crippen LogP contribution in [0.3, 0.4) is 0 Å². The van der Waals surface area contributed by atoms with E-state index in [-0.39, 0.29) is 5.82 Å². The lowest BCUT2D eigenvalue weighted by Crippen LogP contribution is -2.33. The SMILES string of the molecule is CC(C(=O)Nc1ccccc1Oc1ccccc1)n1nc(-c2ccc(F)cc2)ccc1=O. The summed E-state index contributed by atoms with van der Waals surface area (Å²) in [6.07, 6.45) is 0. The van der Waals surface area contributed by atoms with Gasteiger partial charge in [0.1, 0.15) is 17.6 Å². The highest BCUT2D eigenvalue weighted by molar-refractivity contribution is 5.94. The summed E-state index contributed by atoms with van der Waals surface area (Å²) in [6.45, 7) is 1.58. The number of benzene rings is 3. The number of anilines is 1. The van der Waals surface area contributed by atoms with Crippen LogP contribution in [0, 0.1) is 5.82 Å². The lowest BCUT2D eigenvalue weighted by molar-refractivity contribution is -0.119. The van der Waals surface area contributed by atoms with Crippen molar-refractivity contribution in [3.8, 4) is 22.8 Å². The Hall–Kier alpha value is -4.26. The summed E-state index contributed by atoms with van der Waals surface area (Å²) in [5.41, 5.74) is 1.13. The fourth-order valence-corrected chi connectivity index (χ4v) is 3.10. The number of carbonyl (C=O) groups is 1. The number of hydrogen-bond donors (Lipinski definition) is 1. The predicted octanol–water partition coefficient (Wildman–Crippen LogP) is 5.04. The standard InChI is InChI=1S/C25H20FN3O3/c1-17(29-24(30)16-15-21(28-29)18-11-13-19(26)14-12-18)25(31)27-22-9-5-6-10-23(22)32-20-7-3-2-4-8-20/h2-17H,1H3,(H,27,31). The molecular formula is C25H20FN3O3. The van der Waals surface area contributed by atoms with Crippen LogP contribution in [0.1, 0.15) is 13.0 Å². The van der Waals surface area contributed by atoms with Gasteiger partial charge in [-0.3, -0.25) is 9.59 Å². The van der Waals surface area contributed by atoms with Crippen molar-refractivity contribution in [3.05, 3.63) is 107 Å². The van der Waals surface area contributed by atoms with Crippen LogP contribution in [0.15, 0.2) is 95.8 Å². The van der Waals surface area contributed by atoms with Crippen molar-refractivity contribution in [1.29, 1.82) is 0 Å². The zero-order chi connectivity index (χ0) is 22.5. The molecule has 0 bridgehead atoms. The van der Waals surface area contributed by atoms with E-state index >= 15 is 0 Å². The van der Waals surface area contributed by atoms with Gasteiger partial charge in [0.05, 0.1) is 11.4 Å². The molecule has 1 N–H and O–H groups in total. The fraction of sp³-hybridized carbons (Fsp3) is 0.0800. The van der Waals surface area contributed by atoms with E-state index in [0.29, 0.717) is 28.4 Å². The molecule has 0 aliphatic carbocycles. The van der Waals surface area contributed by atoms with Gasteiger partial charge in [-0.25, -0.2) is 9.07 Å². The van der Waals surface area contributed by atoms with Crippen molar-refractivity contribution >= 4 is 11.6 Å². The lowest BCUT2D eigenvalue weighted by Gasteiger charge is -2.17. The van der Waals surface area contributed by atoms with Gasteiger partial charge in [0.25, 0.3) is 5.56 Å². The van der Waals surface area contributed by atoms with Crippen LogP contribution >= 0.6 is 0 Å². The normalized spacial score (nSPS) is 11.6. The van der Waals surface area contributed by atoms with Crippen molar-refractivity contribution in [2.45, 2.75) is 13.0 Å². The van der Waals surface area contributed by atoms with Crippen molar-refractivity contribution in [2.75, 3.05) is 5.32 Å². The molecule has 0 radical (unpaired) electrons. The number of amides is 1. The molecule has 0 saturated heterocycles. The van der Waals surface area contributed by atoms with Crippen LogP contribution in [0.25, 0.3) is 11.3 Å². The maximum absolute atomic E-state index is 13.2. The monoisotopic (exact) mass is 429 g/mol. The van der Waals surface area contributed by atoms with E-state index in [1.54, 1.807) is 49.4 Å². The number of carbonyl (C=O) groups excluding carboxylic acids is 1. The topological polar surface area (TPSA) is 73.2 Å². The van der Waals surface area contributed by atoms with Gasteiger partial charge in [0.15, 0.2) is 5.75 Å². The van der Waals surface area contributed by atoms with Gasteiger partial charge in [-0.15, -0.1) is 0 Å². The largest absolute Gasteiger partial charge is 0.455 e. The number of ether oxygens (including phenoxy) is 1. The maximum atomic E-state index is 13.2. The van der Waals surface area contributed by atoms with E-state index in [1.165, 1.54) is 18.2 Å². The summed E-state index contributed by atoms with van der Waals surface area (Å²) in [6, 6.07) is 24.0. The van der Waals surface area contributed by atoms with Gasteiger partial charge >= 0.3 is 0 Å². The minimum Gasteiger partial charge on any atom is -0.455 e. The third kappa shape index (κ3) is 4.73. The third-order valence-electron chi connectivity index (χ3n) is 4.83. The summed E-state index contributed by atoms with van der Waals surface area (Å²) < 4.78 is 20.2. The summed E-state index contributed by atoms with van der Waals surface area (Å²) in [5, 5.41) is 7.12. The highest BCUT2D eigenvalue weighted by atomic mass is 19.1. The molecule has 0 spiro atoms. The van der Waals surface area contributed by atoms with E-state index in [9.17, 15) is 14.0 Å². The van der Waals surface area contributed by atoms with Crippen molar-refractivity contribution in [1.82, 2.24) is 9.78 Å². The summed E-state index contributed by atoms with van der Waals surface area (Å²) >= 11 is 0. The highest BCUT2D eigenvalue weighted by Gasteiger charge is 2.20. The number of nitrogens with zero attached hydrogens (tertiary/aromatic N) is 2. The first-order valence-corrected chi connectivity index (χ1v) is 10.00. The van der Waals surface area contributed by atoms with Crippen molar-refractivity contribution in [3.63, 3.8) is 0 Å². The average Bonchev–Trinajstić information content (AvgIpc) is 2.81. The second-order valence-corrected chi connectivity index (χ2v) is 7.08. The molecule has 0 fully saturated rings. The van der Waals surface area contributed by atoms with Crippen LogP contribution in [-0.2, 0) is 4.79 Å². The van der Waals surface area contributed by atoms with Crippen LogP contribution in [0.5, 0.6) is 11.5 Å². The highest BCUT2D eigenvalue weighted by Crippen LogP contribution is 2.29. The first-order chi connectivity index (χ1) is 15.5. The zero-order valence-electron chi connectivity index (χ0n) is 17.2. The molecule has 0 aliphatic heterocycles. The molecule has 3 aromatic carbocycles. The van der Waals surface area contributed by atoms with E-state index < -0.39 is 17.5 Å². The summed E-state index contributed by atoms with van der Waals surface area (Å²) in [7, 11) is 0. The molecule has 1 amide bonds. The Balaban J connectivity index is 1.57. The van der Waals surface area contributed by atoms with Gasteiger partial charge in [-0.2, -0.15) is 5.10 Å². The summed E-state index contributed by atoms with van der Waals surface area (Å²) in [5.74, 6) is 0.304. The quantitative estimate of drug-likeness (QED) is 0.466. The molecule has 1 aromatic heterocycles. The first kappa shape index (κ1) is 21.0. The number of rotatable bonds is 6. The predicted molar refractivity (Wildman–Crippen MR) is 120 cm³/mol. The maximum Gasteiger partial charge on any atom is 0.267 e. The molecule has 1 unspecified atom stereocenters. The lowest BCUT2D eigenvalue weighted by atomic mass is 10.1. The molecule has 0 aliphatic rings. The van der Waals surface area contributed by atoms with Crippen LogP contribution in [0.2, 0.25) is 0 Å². The molecule has 6 nitrogen and oxygen atoms in total. The number of para-hydroxylation sites is 3.